The summed E-state index contributed by atoms with van der Waals surface area (Å²) in [6.45, 7) is 1.30. The molecule has 3 heterocycles. The average Bonchev–Trinajstić information content (AvgIpc) is 3.00. The molecule has 1 saturated heterocycles. The lowest BCUT2D eigenvalue weighted by atomic mass is 9.74. The van der Waals surface area contributed by atoms with E-state index in [0.29, 0.717) is 30.4 Å². The van der Waals surface area contributed by atoms with Gasteiger partial charge in [-0.05, 0) is 37.2 Å². The third kappa shape index (κ3) is 3.50. The summed E-state index contributed by atoms with van der Waals surface area (Å²) in [5, 5.41) is 0.272. The van der Waals surface area contributed by atoms with Crippen molar-refractivity contribution in [3.63, 3.8) is 0 Å². The number of hydrogen-bond acceptors (Lipinski definition) is 8. The smallest absolute Gasteiger partial charge is 0.270 e. The Bertz CT molecular complexity index is 1020. The second-order valence-electron chi connectivity index (χ2n) is 8.03. The Morgan fingerprint density at radius 1 is 1.27 bits per heavy atom. The Morgan fingerprint density at radius 2 is 1.97 bits per heavy atom. The topological polar surface area (TPSA) is 129 Å². The van der Waals surface area contributed by atoms with E-state index in [1.807, 2.05) is 4.90 Å². The first-order valence-electron chi connectivity index (χ1n) is 9.82. The molecule has 0 aromatic carbocycles. The molecule has 1 saturated carbocycles. The quantitative estimate of drug-likeness (QED) is 0.644. The van der Waals surface area contributed by atoms with Crippen molar-refractivity contribution < 1.29 is 4.39 Å². The molecule has 2 aromatic rings. The molecule has 1 aliphatic carbocycles. The normalized spacial score (nSPS) is 23.3. The van der Waals surface area contributed by atoms with Gasteiger partial charge in [0.25, 0.3) is 5.56 Å². The van der Waals surface area contributed by atoms with Crippen molar-refractivity contribution in [1.82, 2.24) is 14.5 Å². The van der Waals surface area contributed by atoms with E-state index in [4.69, 9.17) is 28.8 Å². The van der Waals surface area contributed by atoms with E-state index in [2.05, 4.69) is 9.97 Å². The van der Waals surface area contributed by atoms with Crippen LogP contribution in [0.4, 0.5) is 22.0 Å². The van der Waals surface area contributed by atoms with E-state index in [0.717, 1.165) is 31.0 Å². The largest absolute Gasteiger partial charge is 0.382 e. The number of piperidine rings is 1. The molecule has 2 unspecified atom stereocenters. The Morgan fingerprint density at radius 3 is 2.60 bits per heavy atom. The molecule has 2 fully saturated rings. The van der Waals surface area contributed by atoms with Gasteiger partial charge in [0.1, 0.15) is 22.7 Å². The van der Waals surface area contributed by atoms with E-state index in [9.17, 15) is 9.18 Å². The standard InChI is InChI=1S/C19H25ClFN7OS/c1-27-17(29)13(30-11-3-7-25-15(23)12(11)20)16(24)26-18(27)28-8-5-19(6-9-28)4-2-10(21)14(19)22/h3,7,10,14H,2,4-6,8-9,22,24H2,1H3,(H2,23,25). The Balaban J connectivity index is 1.58. The van der Waals surface area contributed by atoms with Crippen molar-refractivity contribution >= 4 is 40.9 Å². The molecule has 4 rings (SSSR count). The van der Waals surface area contributed by atoms with Crippen LogP contribution in [0.1, 0.15) is 25.7 Å². The SMILES string of the molecule is Cn1c(N2CCC3(CCC(F)C3N)CC2)nc(N)c(Sc2ccnc(N)c2Cl)c1=O. The highest BCUT2D eigenvalue weighted by molar-refractivity contribution is 7.99. The lowest BCUT2D eigenvalue weighted by molar-refractivity contribution is 0.166. The van der Waals surface area contributed by atoms with E-state index in [1.165, 1.54) is 10.8 Å². The summed E-state index contributed by atoms with van der Waals surface area (Å²) in [7, 11) is 1.67. The summed E-state index contributed by atoms with van der Waals surface area (Å²) in [6.07, 6.45) is 3.47. The molecule has 0 amide bonds. The van der Waals surface area contributed by atoms with Crippen LogP contribution in [-0.4, -0.2) is 39.8 Å². The van der Waals surface area contributed by atoms with Crippen LogP contribution in [0.5, 0.6) is 0 Å². The summed E-state index contributed by atoms with van der Waals surface area (Å²) in [6, 6.07) is 1.25. The lowest BCUT2D eigenvalue weighted by Gasteiger charge is -2.42. The molecule has 1 aliphatic heterocycles. The number of alkyl halides is 1. The minimum absolute atomic E-state index is 0.131. The summed E-state index contributed by atoms with van der Waals surface area (Å²) in [5.74, 6) is 0.816. The number of halogens is 2. The first kappa shape index (κ1) is 21.2. The fraction of sp³-hybridized carbons (Fsp3) is 0.526. The second kappa shape index (κ2) is 7.90. The molecular weight excluding hydrogens is 429 g/mol. The first-order valence-corrected chi connectivity index (χ1v) is 11.0. The zero-order valence-electron chi connectivity index (χ0n) is 16.6. The zero-order chi connectivity index (χ0) is 21.6. The second-order valence-corrected chi connectivity index (χ2v) is 9.46. The maximum atomic E-state index is 14.0. The zero-order valence-corrected chi connectivity index (χ0v) is 18.2. The number of nitrogens with zero attached hydrogens (tertiary/aromatic N) is 4. The van der Waals surface area contributed by atoms with E-state index >= 15 is 0 Å². The van der Waals surface area contributed by atoms with Gasteiger partial charge in [0.05, 0.1) is 5.02 Å². The highest BCUT2D eigenvalue weighted by Gasteiger charge is 2.48. The van der Waals surface area contributed by atoms with Crippen molar-refractivity contribution in [2.45, 2.75) is 47.7 Å². The molecule has 0 radical (unpaired) electrons. The number of anilines is 3. The van der Waals surface area contributed by atoms with Crippen LogP contribution in [-0.2, 0) is 7.05 Å². The minimum atomic E-state index is -0.931. The Kier molecular flexibility index (Phi) is 5.58. The van der Waals surface area contributed by atoms with Gasteiger partial charge in [-0.3, -0.25) is 9.36 Å². The number of pyridine rings is 1. The highest BCUT2D eigenvalue weighted by atomic mass is 35.5. The lowest BCUT2D eigenvalue weighted by Crippen LogP contribution is -2.50. The summed E-state index contributed by atoms with van der Waals surface area (Å²) >= 11 is 7.32. The van der Waals surface area contributed by atoms with Gasteiger partial charge in [0, 0.05) is 37.3 Å². The molecule has 162 valence electrons. The van der Waals surface area contributed by atoms with Crippen LogP contribution in [0.2, 0.25) is 5.02 Å². The van der Waals surface area contributed by atoms with Gasteiger partial charge in [0.15, 0.2) is 0 Å². The van der Waals surface area contributed by atoms with Crippen molar-refractivity contribution in [2.75, 3.05) is 29.5 Å². The molecule has 30 heavy (non-hydrogen) atoms. The molecular formula is C19H25ClFN7OS. The van der Waals surface area contributed by atoms with Gasteiger partial charge in [0.2, 0.25) is 5.95 Å². The van der Waals surface area contributed by atoms with Gasteiger partial charge < -0.3 is 22.1 Å². The van der Waals surface area contributed by atoms with Crippen LogP contribution in [0.3, 0.4) is 0 Å². The predicted octanol–water partition coefficient (Wildman–Crippen LogP) is 2.19. The number of nitrogen functional groups attached to an aromatic ring is 2. The van der Waals surface area contributed by atoms with E-state index in [1.54, 1.807) is 13.1 Å². The van der Waals surface area contributed by atoms with Gasteiger partial charge in [-0.25, -0.2) is 9.37 Å². The van der Waals surface area contributed by atoms with Gasteiger partial charge in [-0.1, -0.05) is 23.4 Å². The minimum Gasteiger partial charge on any atom is -0.382 e. The van der Waals surface area contributed by atoms with Crippen LogP contribution in [0.25, 0.3) is 0 Å². The maximum absolute atomic E-state index is 14.0. The van der Waals surface area contributed by atoms with Crippen molar-refractivity contribution in [3.8, 4) is 0 Å². The van der Waals surface area contributed by atoms with Crippen molar-refractivity contribution in [2.24, 2.45) is 18.2 Å². The van der Waals surface area contributed by atoms with Gasteiger partial charge in [-0.15, -0.1) is 0 Å². The van der Waals surface area contributed by atoms with Crippen LogP contribution in [0, 0.1) is 5.41 Å². The number of rotatable bonds is 3. The third-order valence-corrected chi connectivity index (χ3v) is 8.06. The number of hydrogen-bond donors (Lipinski definition) is 3. The number of aromatic nitrogens is 3. The third-order valence-electron chi connectivity index (χ3n) is 6.40. The van der Waals surface area contributed by atoms with Gasteiger partial charge in [-0.2, -0.15) is 4.98 Å². The molecule has 11 heteroatoms. The van der Waals surface area contributed by atoms with Crippen molar-refractivity contribution in [3.05, 3.63) is 27.6 Å². The summed E-state index contributed by atoms with van der Waals surface area (Å²) < 4.78 is 15.5. The molecule has 6 N–H and O–H groups in total. The molecule has 1 spiro atoms. The van der Waals surface area contributed by atoms with E-state index < -0.39 is 12.2 Å². The fourth-order valence-corrected chi connectivity index (χ4v) is 5.63. The molecule has 2 aliphatic rings. The molecule has 2 aromatic heterocycles. The summed E-state index contributed by atoms with van der Waals surface area (Å²) in [4.78, 5) is 24.3. The monoisotopic (exact) mass is 453 g/mol. The molecule has 8 nitrogen and oxygen atoms in total. The van der Waals surface area contributed by atoms with Crippen molar-refractivity contribution in [1.29, 1.82) is 0 Å². The van der Waals surface area contributed by atoms with Crippen LogP contribution in [0.15, 0.2) is 26.8 Å². The number of nitrogens with two attached hydrogens (primary N) is 3. The maximum Gasteiger partial charge on any atom is 0.270 e. The molecule has 2 atom stereocenters. The summed E-state index contributed by atoms with van der Waals surface area (Å²) in [5.41, 5.74) is 17.6. The average molecular weight is 454 g/mol. The highest BCUT2D eigenvalue weighted by Crippen LogP contribution is 2.47. The van der Waals surface area contributed by atoms with Crippen LogP contribution < -0.4 is 27.7 Å². The Hall–Kier alpha value is -2.04. The Labute approximate surface area is 183 Å². The first-order chi connectivity index (χ1) is 14.2. The predicted molar refractivity (Wildman–Crippen MR) is 118 cm³/mol. The van der Waals surface area contributed by atoms with Gasteiger partial charge >= 0.3 is 0 Å². The van der Waals surface area contributed by atoms with Crippen LogP contribution >= 0.6 is 23.4 Å². The molecule has 0 bridgehead atoms. The fourth-order valence-electron chi connectivity index (χ4n) is 4.49. The van der Waals surface area contributed by atoms with E-state index in [-0.39, 0.29) is 32.5 Å².